The molecule has 0 radical (unpaired) electrons. The van der Waals surface area contributed by atoms with Crippen molar-refractivity contribution in [3.63, 3.8) is 0 Å². The summed E-state index contributed by atoms with van der Waals surface area (Å²) in [5, 5.41) is 2.69. The number of nitrogens with two attached hydrogens (primary N) is 1. The maximum Gasteiger partial charge on any atom is 0.239 e. The number of nitrogens with one attached hydrogen (secondary N) is 1. The summed E-state index contributed by atoms with van der Waals surface area (Å²) in [5.41, 5.74) is 6.30. The Labute approximate surface area is 117 Å². The molecule has 0 saturated carbocycles. The third-order valence-electron chi connectivity index (χ3n) is 2.66. The normalized spacial score (nSPS) is 10.1. The number of halogens is 1. The van der Waals surface area contributed by atoms with Crippen molar-refractivity contribution in [2.75, 3.05) is 24.5 Å². The Balaban J connectivity index is 2.92. The van der Waals surface area contributed by atoms with E-state index in [0.29, 0.717) is 24.3 Å². The molecule has 0 aliphatic carbocycles. The molecule has 0 aromatic heterocycles. The molecule has 0 unspecified atom stereocenters. The standard InChI is InChI=1S/C13H18FN3OS/c1-3-16-12(18)8-17(4-2)11-6-5-9(13(15)19)7-10(11)14/h5-7H,3-4,8H2,1-2H3,(H2,15,19)(H,16,18). The molecule has 0 saturated heterocycles. The first-order valence-electron chi connectivity index (χ1n) is 6.10. The summed E-state index contributed by atoms with van der Waals surface area (Å²) in [7, 11) is 0. The lowest BCUT2D eigenvalue weighted by Crippen LogP contribution is -2.37. The van der Waals surface area contributed by atoms with Gasteiger partial charge >= 0.3 is 0 Å². The van der Waals surface area contributed by atoms with E-state index in [9.17, 15) is 9.18 Å². The van der Waals surface area contributed by atoms with Gasteiger partial charge in [0.15, 0.2) is 0 Å². The first kappa shape index (κ1) is 15.4. The van der Waals surface area contributed by atoms with Gasteiger partial charge in [0.2, 0.25) is 5.91 Å². The van der Waals surface area contributed by atoms with Crippen molar-refractivity contribution in [3.8, 4) is 0 Å². The van der Waals surface area contributed by atoms with Gasteiger partial charge in [0.05, 0.1) is 12.2 Å². The minimum absolute atomic E-state index is 0.119. The molecular weight excluding hydrogens is 265 g/mol. The number of thiocarbonyl (C=S) groups is 1. The van der Waals surface area contributed by atoms with Crippen molar-refractivity contribution in [1.82, 2.24) is 5.32 Å². The Bertz CT molecular complexity index is 479. The zero-order chi connectivity index (χ0) is 14.4. The molecule has 0 aliphatic heterocycles. The Morgan fingerprint density at radius 2 is 2.16 bits per heavy atom. The summed E-state index contributed by atoms with van der Waals surface area (Å²) in [6, 6.07) is 4.53. The summed E-state index contributed by atoms with van der Waals surface area (Å²) >= 11 is 4.80. The lowest BCUT2D eigenvalue weighted by atomic mass is 10.2. The van der Waals surface area contributed by atoms with Crippen LogP contribution in [-0.4, -0.2) is 30.5 Å². The average Bonchev–Trinajstić information content (AvgIpc) is 2.36. The molecule has 0 aliphatic rings. The van der Waals surface area contributed by atoms with Crippen molar-refractivity contribution < 1.29 is 9.18 Å². The number of nitrogens with zero attached hydrogens (tertiary/aromatic N) is 1. The molecule has 1 amide bonds. The average molecular weight is 283 g/mol. The monoisotopic (exact) mass is 283 g/mol. The molecule has 0 spiro atoms. The van der Waals surface area contributed by atoms with Crippen molar-refractivity contribution in [2.45, 2.75) is 13.8 Å². The van der Waals surface area contributed by atoms with Crippen molar-refractivity contribution in [1.29, 1.82) is 0 Å². The quantitative estimate of drug-likeness (QED) is 0.775. The highest BCUT2D eigenvalue weighted by Crippen LogP contribution is 2.20. The van der Waals surface area contributed by atoms with Gasteiger partial charge in [-0.3, -0.25) is 4.79 Å². The van der Waals surface area contributed by atoms with E-state index in [1.165, 1.54) is 6.07 Å². The number of carbonyl (C=O) groups excluding carboxylic acids is 1. The first-order chi connectivity index (χ1) is 8.99. The second-order valence-corrected chi connectivity index (χ2v) is 4.44. The Kier molecular flexibility index (Phi) is 5.69. The second-order valence-electron chi connectivity index (χ2n) is 4.00. The van der Waals surface area contributed by atoms with Gasteiger partial charge in [0, 0.05) is 18.7 Å². The predicted molar refractivity (Wildman–Crippen MR) is 78.9 cm³/mol. The fourth-order valence-electron chi connectivity index (χ4n) is 1.71. The van der Waals surface area contributed by atoms with E-state index < -0.39 is 5.82 Å². The van der Waals surface area contributed by atoms with Crippen molar-refractivity contribution in [3.05, 3.63) is 29.6 Å². The summed E-state index contributed by atoms with van der Waals surface area (Å²) in [5.74, 6) is -0.571. The van der Waals surface area contributed by atoms with Crippen LogP contribution in [0.3, 0.4) is 0 Å². The van der Waals surface area contributed by atoms with E-state index in [1.54, 1.807) is 17.0 Å². The van der Waals surface area contributed by atoms with E-state index in [1.807, 2.05) is 13.8 Å². The zero-order valence-electron chi connectivity index (χ0n) is 11.1. The van der Waals surface area contributed by atoms with E-state index >= 15 is 0 Å². The second kappa shape index (κ2) is 7.04. The van der Waals surface area contributed by atoms with E-state index in [0.717, 1.165) is 0 Å². The van der Waals surface area contributed by atoms with Gasteiger partial charge in [0.1, 0.15) is 10.8 Å². The van der Waals surface area contributed by atoms with Crippen LogP contribution >= 0.6 is 12.2 Å². The Morgan fingerprint density at radius 1 is 1.47 bits per heavy atom. The van der Waals surface area contributed by atoms with E-state index in [-0.39, 0.29) is 17.4 Å². The van der Waals surface area contributed by atoms with E-state index in [4.69, 9.17) is 18.0 Å². The molecule has 1 rings (SSSR count). The summed E-state index contributed by atoms with van der Waals surface area (Å²) in [6.45, 7) is 4.90. The lowest BCUT2D eigenvalue weighted by Gasteiger charge is -2.23. The van der Waals surface area contributed by atoms with Crippen LogP contribution in [0.2, 0.25) is 0 Å². The molecule has 1 aromatic carbocycles. The topological polar surface area (TPSA) is 58.4 Å². The first-order valence-corrected chi connectivity index (χ1v) is 6.51. The van der Waals surface area contributed by atoms with Crippen molar-refractivity contribution in [2.24, 2.45) is 5.73 Å². The van der Waals surface area contributed by atoms with Gasteiger partial charge in [-0.1, -0.05) is 12.2 Å². The maximum atomic E-state index is 14.0. The molecule has 19 heavy (non-hydrogen) atoms. The van der Waals surface area contributed by atoms with Gasteiger partial charge in [-0.15, -0.1) is 0 Å². The predicted octanol–water partition coefficient (Wildman–Crippen LogP) is 1.42. The number of amides is 1. The molecule has 0 bridgehead atoms. The van der Waals surface area contributed by atoms with Gasteiger partial charge in [-0.05, 0) is 32.0 Å². The van der Waals surface area contributed by atoms with Crippen LogP contribution < -0.4 is 16.0 Å². The van der Waals surface area contributed by atoms with Crippen LogP contribution in [0.4, 0.5) is 10.1 Å². The highest BCUT2D eigenvalue weighted by molar-refractivity contribution is 7.80. The SMILES string of the molecule is CCNC(=O)CN(CC)c1ccc(C(N)=S)cc1F. The fourth-order valence-corrected chi connectivity index (χ4v) is 1.84. The summed E-state index contributed by atoms with van der Waals surface area (Å²) in [4.78, 5) is 13.4. The molecule has 0 fully saturated rings. The molecule has 104 valence electrons. The largest absolute Gasteiger partial charge is 0.389 e. The fraction of sp³-hybridized carbons (Fsp3) is 0.385. The number of hydrogen-bond acceptors (Lipinski definition) is 3. The van der Waals surface area contributed by atoms with Gasteiger partial charge in [0.25, 0.3) is 0 Å². The Hall–Kier alpha value is -1.69. The molecular formula is C13H18FN3OS. The number of hydrogen-bond donors (Lipinski definition) is 2. The van der Waals surface area contributed by atoms with Gasteiger partial charge in [-0.25, -0.2) is 4.39 Å². The van der Waals surface area contributed by atoms with Crippen LogP contribution in [0.5, 0.6) is 0 Å². The van der Waals surface area contributed by atoms with Crippen LogP contribution in [0.25, 0.3) is 0 Å². The lowest BCUT2D eigenvalue weighted by molar-refractivity contribution is -0.119. The highest BCUT2D eigenvalue weighted by atomic mass is 32.1. The van der Waals surface area contributed by atoms with Crippen LogP contribution in [-0.2, 0) is 4.79 Å². The summed E-state index contributed by atoms with van der Waals surface area (Å²) < 4.78 is 14.0. The molecule has 4 nitrogen and oxygen atoms in total. The number of rotatable bonds is 6. The highest BCUT2D eigenvalue weighted by Gasteiger charge is 2.14. The number of anilines is 1. The third kappa shape index (κ3) is 4.17. The smallest absolute Gasteiger partial charge is 0.239 e. The van der Waals surface area contributed by atoms with Crippen LogP contribution in [0.15, 0.2) is 18.2 Å². The molecule has 3 N–H and O–H groups in total. The zero-order valence-corrected chi connectivity index (χ0v) is 11.9. The molecule has 6 heteroatoms. The maximum absolute atomic E-state index is 14.0. The minimum atomic E-state index is -0.434. The van der Waals surface area contributed by atoms with E-state index in [2.05, 4.69) is 5.32 Å². The third-order valence-corrected chi connectivity index (χ3v) is 2.90. The van der Waals surface area contributed by atoms with Crippen LogP contribution in [0, 0.1) is 5.82 Å². The van der Waals surface area contributed by atoms with Crippen LogP contribution in [0.1, 0.15) is 19.4 Å². The molecule has 1 aromatic rings. The number of carbonyl (C=O) groups is 1. The molecule has 0 heterocycles. The van der Waals surface area contributed by atoms with Gasteiger partial charge in [-0.2, -0.15) is 0 Å². The Morgan fingerprint density at radius 3 is 2.63 bits per heavy atom. The minimum Gasteiger partial charge on any atom is -0.389 e. The summed E-state index contributed by atoms with van der Waals surface area (Å²) in [6.07, 6.45) is 0. The molecule has 0 atom stereocenters. The van der Waals surface area contributed by atoms with Gasteiger partial charge < -0.3 is 16.0 Å². The number of likely N-dealkylation sites (N-methyl/N-ethyl adjacent to an activating group) is 2. The van der Waals surface area contributed by atoms with Crippen molar-refractivity contribution >= 4 is 28.8 Å². The number of benzene rings is 1.